The van der Waals surface area contributed by atoms with E-state index < -0.39 is 5.97 Å². The minimum absolute atomic E-state index is 0.0902. The molecular formula is C50H54F2N2O5. The van der Waals surface area contributed by atoms with Crippen LogP contribution in [0.3, 0.4) is 0 Å². The molecule has 0 bridgehead atoms. The summed E-state index contributed by atoms with van der Waals surface area (Å²) in [5, 5.41) is 24.4. The fourth-order valence-electron chi connectivity index (χ4n) is 8.01. The molecule has 0 unspecified atom stereocenters. The van der Waals surface area contributed by atoms with Crippen molar-refractivity contribution < 1.29 is 33.4 Å². The number of nitrogens with one attached hydrogen (secondary N) is 2. The van der Waals surface area contributed by atoms with E-state index in [0.29, 0.717) is 47.3 Å². The Morgan fingerprint density at radius 3 is 1.36 bits per heavy atom. The van der Waals surface area contributed by atoms with Crippen molar-refractivity contribution in [3.05, 3.63) is 142 Å². The van der Waals surface area contributed by atoms with E-state index in [0.717, 1.165) is 63.4 Å². The number of carboxylic acid groups (broad SMARTS) is 1. The number of amides is 2. The van der Waals surface area contributed by atoms with E-state index >= 15 is 0 Å². The van der Waals surface area contributed by atoms with Gasteiger partial charge in [0.25, 0.3) is 11.8 Å². The average molecular weight is 801 g/mol. The van der Waals surface area contributed by atoms with Gasteiger partial charge in [-0.1, -0.05) is 86.5 Å². The molecule has 0 aromatic heterocycles. The first-order valence-corrected chi connectivity index (χ1v) is 20.7. The third-order valence-corrected chi connectivity index (χ3v) is 11.5. The van der Waals surface area contributed by atoms with Crippen LogP contribution in [0.15, 0.2) is 97.1 Å². The molecule has 2 aliphatic rings. The summed E-state index contributed by atoms with van der Waals surface area (Å²) in [4.78, 5) is 36.2. The first-order chi connectivity index (χ1) is 28.6. The van der Waals surface area contributed by atoms with Crippen LogP contribution >= 0.6 is 0 Å². The summed E-state index contributed by atoms with van der Waals surface area (Å²) in [6.45, 7) is 1.35. The van der Waals surface area contributed by atoms with Crippen LogP contribution in [0, 0.1) is 46.1 Å². The van der Waals surface area contributed by atoms with E-state index in [1.807, 2.05) is 0 Å². The first-order valence-electron chi connectivity index (χ1n) is 20.7. The normalized spacial score (nSPS) is 15.1. The van der Waals surface area contributed by atoms with Gasteiger partial charge in [0.1, 0.15) is 11.6 Å². The maximum atomic E-state index is 13.6. The largest absolute Gasteiger partial charge is 0.481 e. The van der Waals surface area contributed by atoms with Crippen molar-refractivity contribution in [1.29, 1.82) is 0 Å². The van der Waals surface area contributed by atoms with Crippen LogP contribution in [-0.2, 0) is 4.79 Å². The fourth-order valence-corrected chi connectivity index (χ4v) is 8.01. The summed E-state index contributed by atoms with van der Waals surface area (Å²) in [6.07, 6.45) is 13.5. The number of carboxylic acids is 1. The highest BCUT2D eigenvalue weighted by atomic mass is 19.1. The predicted octanol–water partition coefficient (Wildman–Crippen LogP) is 9.45. The van der Waals surface area contributed by atoms with Crippen LogP contribution in [0.2, 0.25) is 0 Å². The summed E-state index contributed by atoms with van der Waals surface area (Å²) in [6, 6.07) is 26.7. The van der Waals surface area contributed by atoms with Crippen LogP contribution < -0.4 is 10.6 Å². The molecule has 59 heavy (non-hydrogen) atoms. The highest BCUT2D eigenvalue weighted by Gasteiger charge is 2.33. The molecule has 9 heteroatoms. The van der Waals surface area contributed by atoms with Crippen molar-refractivity contribution in [2.75, 3.05) is 19.7 Å². The Labute approximate surface area is 347 Å². The highest BCUT2D eigenvalue weighted by Crippen LogP contribution is 2.40. The second-order valence-electron chi connectivity index (χ2n) is 15.8. The third-order valence-electron chi connectivity index (χ3n) is 11.5. The van der Waals surface area contributed by atoms with Crippen molar-refractivity contribution in [2.45, 2.75) is 89.9 Å². The standard InChI is InChI=1S/C25H26FNO3.C25H28FNO2/c26-22-7-3-2-6-20(22)11-8-19-9-12-21(13-10-19)24(30)27-18-25(17-14-23(28)29)15-4-1-5-16-25;26-23-8-3-2-7-21(23)12-9-20-10-13-22(14-11-20)24(29)27-19-25(17-6-18-28)15-4-1-5-16-25/h2-3,6-7,9-10,12-13H,1,4-5,14-18H2,(H,27,30)(H,28,29);2-3,7-8,10-11,13-14,28H,1,4-6,15-19H2,(H,27,29). The lowest BCUT2D eigenvalue weighted by molar-refractivity contribution is -0.137. The molecule has 308 valence electrons. The third kappa shape index (κ3) is 13.9. The molecule has 4 aromatic carbocycles. The molecule has 0 radical (unpaired) electrons. The van der Waals surface area contributed by atoms with Gasteiger partial charge in [0, 0.05) is 48.4 Å². The van der Waals surface area contributed by atoms with Crippen LogP contribution in [-0.4, -0.2) is 47.7 Å². The van der Waals surface area contributed by atoms with Crippen molar-refractivity contribution in [2.24, 2.45) is 10.8 Å². The van der Waals surface area contributed by atoms with Crippen LogP contribution in [0.5, 0.6) is 0 Å². The van der Waals surface area contributed by atoms with Crippen LogP contribution in [0.25, 0.3) is 0 Å². The molecule has 2 amide bonds. The van der Waals surface area contributed by atoms with Gasteiger partial charge in [-0.3, -0.25) is 14.4 Å². The number of hydrogen-bond acceptors (Lipinski definition) is 4. The van der Waals surface area contributed by atoms with Crippen LogP contribution in [0.4, 0.5) is 8.78 Å². The van der Waals surface area contributed by atoms with Crippen LogP contribution in [0.1, 0.15) is 133 Å². The molecule has 2 fully saturated rings. The Hall–Kier alpha value is -5.77. The topological polar surface area (TPSA) is 116 Å². The number of benzene rings is 4. The van der Waals surface area contributed by atoms with Crippen molar-refractivity contribution in [1.82, 2.24) is 10.6 Å². The predicted molar refractivity (Wildman–Crippen MR) is 227 cm³/mol. The SMILES string of the molecule is O=C(NCC1(CCCO)CCCCC1)c1ccc(C#Cc2ccccc2F)cc1.O=C(O)CCC1(CNC(=O)c2ccc(C#Cc3ccccc3F)cc2)CCCCC1. The van der Waals surface area contributed by atoms with E-state index in [2.05, 4.69) is 34.3 Å². The summed E-state index contributed by atoms with van der Waals surface area (Å²) >= 11 is 0. The molecule has 4 N–H and O–H groups in total. The monoisotopic (exact) mass is 800 g/mol. The number of aliphatic hydroxyl groups excluding tert-OH is 1. The van der Waals surface area contributed by atoms with Gasteiger partial charge < -0.3 is 20.8 Å². The molecule has 0 heterocycles. The van der Waals surface area contributed by atoms with Gasteiger partial charge in [-0.15, -0.1) is 0 Å². The van der Waals surface area contributed by atoms with Gasteiger partial charge in [-0.25, -0.2) is 8.78 Å². The quantitative estimate of drug-likeness (QED) is 0.107. The maximum absolute atomic E-state index is 13.6. The lowest BCUT2D eigenvalue weighted by Gasteiger charge is -2.37. The zero-order chi connectivity index (χ0) is 41.9. The molecule has 2 saturated carbocycles. The van der Waals surface area contributed by atoms with Crippen molar-refractivity contribution in [3.63, 3.8) is 0 Å². The smallest absolute Gasteiger partial charge is 0.303 e. The van der Waals surface area contributed by atoms with Gasteiger partial charge >= 0.3 is 5.97 Å². The summed E-state index contributed by atoms with van der Waals surface area (Å²) < 4.78 is 27.3. The lowest BCUT2D eigenvalue weighted by Crippen LogP contribution is -2.39. The van der Waals surface area contributed by atoms with E-state index in [-0.39, 0.29) is 47.3 Å². The van der Waals surface area contributed by atoms with E-state index in [4.69, 9.17) is 5.11 Å². The number of aliphatic carboxylic acids is 1. The molecule has 0 aliphatic heterocycles. The lowest BCUT2D eigenvalue weighted by atomic mass is 9.71. The molecule has 2 aliphatic carbocycles. The van der Waals surface area contributed by atoms with E-state index in [1.54, 1.807) is 84.9 Å². The molecule has 7 nitrogen and oxygen atoms in total. The maximum Gasteiger partial charge on any atom is 0.303 e. The van der Waals surface area contributed by atoms with Gasteiger partial charge in [-0.2, -0.15) is 0 Å². The Balaban J connectivity index is 0.000000224. The van der Waals surface area contributed by atoms with Gasteiger partial charge in [0.15, 0.2) is 0 Å². The highest BCUT2D eigenvalue weighted by molar-refractivity contribution is 5.94. The molecule has 0 saturated heterocycles. The van der Waals surface area contributed by atoms with Gasteiger partial charge in [0.2, 0.25) is 0 Å². The Kier molecular flexibility index (Phi) is 16.8. The van der Waals surface area contributed by atoms with Crippen molar-refractivity contribution >= 4 is 17.8 Å². The van der Waals surface area contributed by atoms with E-state index in [1.165, 1.54) is 31.4 Å². The molecule has 0 atom stereocenters. The second kappa shape index (κ2) is 22.4. The minimum Gasteiger partial charge on any atom is -0.481 e. The first kappa shape index (κ1) is 44.3. The number of hydrogen-bond donors (Lipinski definition) is 4. The number of rotatable bonds is 12. The zero-order valence-electron chi connectivity index (χ0n) is 33.6. The molecular weight excluding hydrogens is 747 g/mol. The second-order valence-corrected chi connectivity index (χ2v) is 15.8. The summed E-state index contributed by atoms with van der Waals surface area (Å²) in [5.74, 6) is 9.71. The fraction of sp³-hybridized carbons (Fsp3) is 0.380. The Morgan fingerprint density at radius 1 is 0.559 bits per heavy atom. The molecule has 6 rings (SSSR count). The summed E-state index contributed by atoms with van der Waals surface area (Å²) in [5.41, 5.74) is 3.22. The van der Waals surface area contributed by atoms with Crippen molar-refractivity contribution in [3.8, 4) is 23.7 Å². The Morgan fingerprint density at radius 2 is 0.966 bits per heavy atom. The van der Waals surface area contributed by atoms with Gasteiger partial charge in [-0.05, 0) is 129 Å². The number of carbonyl (C=O) groups excluding carboxylic acids is 2. The van der Waals surface area contributed by atoms with Gasteiger partial charge in [0.05, 0.1) is 11.1 Å². The summed E-state index contributed by atoms with van der Waals surface area (Å²) in [7, 11) is 0. The molecule has 4 aromatic rings. The minimum atomic E-state index is -0.793. The molecule has 0 spiro atoms. The zero-order valence-corrected chi connectivity index (χ0v) is 33.6. The average Bonchev–Trinajstić information content (AvgIpc) is 3.27. The Bertz CT molecular complexity index is 2130. The number of aliphatic hydroxyl groups is 1. The number of halogens is 2. The van der Waals surface area contributed by atoms with E-state index in [9.17, 15) is 28.3 Å². The number of carbonyl (C=O) groups is 3.